The van der Waals surface area contributed by atoms with Crippen molar-refractivity contribution in [2.24, 2.45) is 0 Å². The highest BCUT2D eigenvalue weighted by molar-refractivity contribution is 7.13. The summed E-state index contributed by atoms with van der Waals surface area (Å²) in [6.45, 7) is 3.05. The van der Waals surface area contributed by atoms with Crippen LogP contribution in [-0.4, -0.2) is 59.6 Å². The molecule has 20 heavy (non-hydrogen) atoms. The van der Waals surface area contributed by atoms with Gasteiger partial charge in [-0.05, 0) is 46.4 Å². The van der Waals surface area contributed by atoms with Crippen LogP contribution < -0.4 is 0 Å². The zero-order valence-electron chi connectivity index (χ0n) is 12.0. The molecular formula is C14H21N3O2S. The fraction of sp³-hybridized carbons (Fsp3) is 0.714. The quantitative estimate of drug-likeness (QED) is 0.924. The molecule has 1 N–H and O–H groups in total. The molecule has 0 radical (unpaired) electrons. The van der Waals surface area contributed by atoms with Gasteiger partial charge in [0.1, 0.15) is 9.88 Å². The molecule has 110 valence electrons. The second-order valence-corrected chi connectivity index (χ2v) is 6.99. The molecule has 1 aliphatic carbocycles. The molecule has 0 amide bonds. The number of hydrogen-bond donors (Lipinski definition) is 1. The SMILES string of the molecule is CN1CCCN(C)C(c2nc(C3CC3)c(C(=O)O)s2)C1. The van der Waals surface area contributed by atoms with Gasteiger partial charge >= 0.3 is 5.97 Å². The summed E-state index contributed by atoms with van der Waals surface area (Å²) < 4.78 is 0. The van der Waals surface area contributed by atoms with Crippen molar-refractivity contribution in [3.8, 4) is 0 Å². The van der Waals surface area contributed by atoms with Crippen LogP contribution in [0.3, 0.4) is 0 Å². The molecule has 1 aliphatic heterocycles. The van der Waals surface area contributed by atoms with Crippen molar-refractivity contribution in [3.63, 3.8) is 0 Å². The van der Waals surface area contributed by atoms with Gasteiger partial charge in [-0.1, -0.05) is 0 Å². The first-order valence-corrected chi connectivity index (χ1v) is 8.00. The number of carbonyl (C=O) groups is 1. The van der Waals surface area contributed by atoms with Gasteiger partial charge in [0.15, 0.2) is 0 Å². The van der Waals surface area contributed by atoms with Crippen LogP contribution in [0.2, 0.25) is 0 Å². The van der Waals surface area contributed by atoms with Crippen molar-refractivity contribution < 1.29 is 9.90 Å². The van der Waals surface area contributed by atoms with Crippen LogP contribution >= 0.6 is 11.3 Å². The Bertz CT molecular complexity index is 513. The van der Waals surface area contributed by atoms with Crippen LogP contribution in [0.15, 0.2) is 0 Å². The molecule has 0 aromatic carbocycles. The van der Waals surface area contributed by atoms with Gasteiger partial charge in [0.2, 0.25) is 0 Å². The molecule has 1 unspecified atom stereocenters. The van der Waals surface area contributed by atoms with Gasteiger partial charge in [-0.2, -0.15) is 0 Å². The van der Waals surface area contributed by atoms with E-state index in [4.69, 9.17) is 4.98 Å². The largest absolute Gasteiger partial charge is 0.477 e. The molecule has 3 rings (SSSR count). The number of aromatic nitrogens is 1. The first kappa shape index (κ1) is 14.0. The van der Waals surface area contributed by atoms with Gasteiger partial charge in [-0.3, -0.25) is 4.90 Å². The maximum Gasteiger partial charge on any atom is 0.347 e. The molecular weight excluding hydrogens is 274 g/mol. The van der Waals surface area contributed by atoms with Crippen molar-refractivity contribution in [1.82, 2.24) is 14.8 Å². The average Bonchev–Trinajstić information content (AvgIpc) is 3.16. The molecule has 0 spiro atoms. The van der Waals surface area contributed by atoms with E-state index in [0.29, 0.717) is 10.8 Å². The third-order valence-electron chi connectivity index (χ3n) is 4.18. The lowest BCUT2D eigenvalue weighted by atomic mass is 10.2. The molecule has 2 heterocycles. The van der Waals surface area contributed by atoms with Crippen LogP contribution in [0.25, 0.3) is 0 Å². The van der Waals surface area contributed by atoms with E-state index in [1.807, 2.05) is 0 Å². The number of carboxylic acid groups (broad SMARTS) is 1. The predicted octanol–water partition coefficient (Wildman–Crippen LogP) is 2.03. The first-order chi connectivity index (χ1) is 9.56. The van der Waals surface area contributed by atoms with Gasteiger partial charge in [0, 0.05) is 12.5 Å². The van der Waals surface area contributed by atoms with Gasteiger partial charge in [0.05, 0.1) is 11.7 Å². The Hall–Kier alpha value is -0.980. The van der Waals surface area contributed by atoms with E-state index in [9.17, 15) is 9.90 Å². The number of likely N-dealkylation sites (N-methyl/N-ethyl adjacent to an activating group) is 2. The zero-order valence-corrected chi connectivity index (χ0v) is 12.8. The number of carboxylic acids is 1. The molecule has 2 fully saturated rings. The Morgan fingerprint density at radius 1 is 1.35 bits per heavy atom. The molecule has 0 bridgehead atoms. The number of thiazole rings is 1. The highest BCUT2D eigenvalue weighted by Gasteiger charge is 2.34. The van der Waals surface area contributed by atoms with E-state index in [2.05, 4.69) is 23.9 Å². The summed E-state index contributed by atoms with van der Waals surface area (Å²) >= 11 is 1.38. The topological polar surface area (TPSA) is 56.7 Å². The highest BCUT2D eigenvalue weighted by atomic mass is 32.1. The first-order valence-electron chi connectivity index (χ1n) is 7.19. The molecule has 2 aliphatic rings. The van der Waals surface area contributed by atoms with Crippen LogP contribution in [-0.2, 0) is 0 Å². The van der Waals surface area contributed by atoms with Crippen molar-refractivity contribution >= 4 is 17.3 Å². The zero-order chi connectivity index (χ0) is 14.3. The van der Waals surface area contributed by atoms with Gasteiger partial charge in [-0.25, -0.2) is 9.78 Å². The third kappa shape index (κ3) is 2.73. The van der Waals surface area contributed by atoms with E-state index in [1.165, 1.54) is 11.3 Å². The van der Waals surface area contributed by atoms with Crippen LogP contribution in [0.1, 0.15) is 51.6 Å². The van der Waals surface area contributed by atoms with Crippen LogP contribution in [0.5, 0.6) is 0 Å². The van der Waals surface area contributed by atoms with E-state index >= 15 is 0 Å². The normalized spacial score (nSPS) is 25.6. The standard InChI is InChI=1S/C14H21N3O2S/c1-16-6-3-7-17(2)10(8-16)13-15-11(9-4-5-9)12(20-13)14(18)19/h9-10H,3-8H2,1-2H3,(H,18,19). The average molecular weight is 295 g/mol. The van der Waals surface area contributed by atoms with E-state index in [-0.39, 0.29) is 6.04 Å². The van der Waals surface area contributed by atoms with Crippen molar-refractivity contribution in [2.75, 3.05) is 33.7 Å². The minimum absolute atomic E-state index is 0.220. The maximum absolute atomic E-state index is 11.4. The molecule has 6 heteroatoms. The highest BCUT2D eigenvalue weighted by Crippen LogP contribution is 2.44. The lowest BCUT2D eigenvalue weighted by Crippen LogP contribution is -2.30. The van der Waals surface area contributed by atoms with Crippen molar-refractivity contribution in [2.45, 2.75) is 31.2 Å². The van der Waals surface area contributed by atoms with E-state index in [0.717, 1.165) is 49.6 Å². The summed E-state index contributed by atoms with van der Waals surface area (Å²) in [6, 6.07) is 0.220. The summed E-state index contributed by atoms with van der Waals surface area (Å²) in [7, 11) is 4.24. The second-order valence-electron chi connectivity index (χ2n) is 5.96. The predicted molar refractivity (Wildman–Crippen MR) is 78.5 cm³/mol. The molecule has 1 aromatic rings. The molecule has 1 atom stereocenters. The van der Waals surface area contributed by atoms with Crippen molar-refractivity contribution in [3.05, 3.63) is 15.6 Å². The summed E-state index contributed by atoms with van der Waals surface area (Å²) in [5.74, 6) is -0.430. The fourth-order valence-electron chi connectivity index (χ4n) is 2.82. The Labute approximate surface area is 123 Å². The molecule has 1 saturated heterocycles. The lowest BCUT2D eigenvalue weighted by Gasteiger charge is -2.25. The second kappa shape index (κ2) is 5.42. The number of nitrogens with zero attached hydrogens (tertiary/aromatic N) is 3. The van der Waals surface area contributed by atoms with Crippen LogP contribution in [0.4, 0.5) is 0 Å². The molecule has 5 nitrogen and oxygen atoms in total. The lowest BCUT2D eigenvalue weighted by molar-refractivity contribution is 0.0700. The van der Waals surface area contributed by atoms with Crippen LogP contribution in [0, 0.1) is 0 Å². The minimum atomic E-state index is -0.819. The summed E-state index contributed by atoms with van der Waals surface area (Å²) in [5, 5.41) is 10.3. The van der Waals surface area contributed by atoms with E-state index < -0.39 is 5.97 Å². The Balaban J connectivity index is 1.91. The number of rotatable bonds is 3. The Morgan fingerprint density at radius 3 is 2.75 bits per heavy atom. The minimum Gasteiger partial charge on any atom is -0.477 e. The third-order valence-corrected chi connectivity index (χ3v) is 5.34. The summed E-state index contributed by atoms with van der Waals surface area (Å²) in [4.78, 5) is 21.2. The number of hydrogen-bond acceptors (Lipinski definition) is 5. The Kier molecular flexibility index (Phi) is 3.79. The smallest absolute Gasteiger partial charge is 0.347 e. The fourth-order valence-corrected chi connectivity index (χ4v) is 3.96. The summed E-state index contributed by atoms with van der Waals surface area (Å²) in [5.41, 5.74) is 0.831. The maximum atomic E-state index is 11.4. The summed E-state index contributed by atoms with van der Waals surface area (Å²) in [6.07, 6.45) is 3.32. The van der Waals surface area contributed by atoms with Gasteiger partial charge in [-0.15, -0.1) is 11.3 Å². The molecule has 1 aromatic heterocycles. The van der Waals surface area contributed by atoms with Gasteiger partial charge < -0.3 is 10.0 Å². The number of aromatic carboxylic acids is 1. The molecule has 1 saturated carbocycles. The van der Waals surface area contributed by atoms with Crippen molar-refractivity contribution in [1.29, 1.82) is 0 Å². The monoisotopic (exact) mass is 295 g/mol. The van der Waals surface area contributed by atoms with Gasteiger partial charge in [0.25, 0.3) is 0 Å². The van der Waals surface area contributed by atoms with E-state index in [1.54, 1.807) is 0 Å². The Morgan fingerprint density at radius 2 is 2.10 bits per heavy atom.